The van der Waals surface area contributed by atoms with Gasteiger partial charge in [0.25, 0.3) is 0 Å². The molecule has 0 saturated heterocycles. The zero-order valence-corrected chi connectivity index (χ0v) is 12.7. The lowest BCUT2D eigenvalue weighted by atomic mass is 9.76. The third-order valence-corrected chi connectivity index (χ3v) is 4.28. The molecule has 0 radical (unpaired) electrons. The first-order valence-electron chi connectivity index (χ1n) is 6.43. The molecule has 2 rings (SSSR count). The van der Waals surface area contributed by atoms with Crippen LogP contribution in [0.4, 0.5) is 4.39 Å². The van der Waals surface area contributed by atoms with E-state index in [9.17, 15) is 14.6 Å². The molecule has 2 aromatic rings. The van der Waals surface area contributed by atoms with Crippen LogP contribution in [0.1, 0.15) is 11.1 Å². The highest BCUT2D eigenvalue weighted by atomic mass is 35.5. The summed E-state index contributed by atoms with van der Waals surface area (Å²) >= 11 is 12.2. The maximum Gasteiger partial charge on any atom is 0.124 e. The van der Waals surface area contributed by atoms with Crippen molar-refractivity contribution in [2.45, 2.75) is 11.8 Å². The third kappa shape index (κ3) is 3.38. The molecule has 2 aromatic carbocycles. The highest BCUT2D eigenvalue weighted by Crippen LogP contribution is 2.34. The summed E-state index contributed by atoms with van der Waals surface area (Å²) in [6.07, 6.45) is 0.253. The summed E-state index contributed by atoms with van der Waals surface area (Å²) in [5.74, 6) is -0.430. The van der Waals surface area contributed by atoms with E-state index in [0.717, 1.165) is 0 Å². The molecule has 0 bridgehead atoms. The van der Waals surface area contributed by atoms with Gasteiger partial charge in [0.1, 0.15) is 5.82 Å². The van der Waals surface area contributed by atoms with Crippen LogP contribution < -0.4 is 0 Å². The fraction of sp³-hybridized carbons (Fsp3) is 0.250. The Kier molecular flexibility index (Phi) is 5.22. The largest absolute Gasteiger partial charge is 0.395 e. The fourth-order valence-electron chi connectivity index (χ4n) is 2.35. The van der Waals surface area contributed by atoms with Gasteiger partial charge in [-0.15, -0.1) is 0 Å². The van der Waals surface area contributed by atoms with Crippen molar-refractivity contribution >= 4 is 23.2 Å². The molecule has 5 heteroatoms. The topological polar surface area (TPSA) is 40.5 Å². The Morgan fingerprint density at radius 2 is 1.62 bits per heavy atom. The Morgan fingerprint density at radius 3 is 2.19 bits per heavy atom. The van der Waals surface area contributed by atoms with E-state index in [1.165, 1.54) is 12.1 Å². The van der Waals surface area contributed by atoms with E-state index in [4.69, 9.17) is 23.2 Å². The van der Waals surface area contributed by atoms with Crippen molar-refractivity contribution in [3.05, 3.63) is 69.5 Å². The second-order valence-electron chi connectivity index (χ2n) is 4.99. The van der Waals surface area contributed by atoms with Gasteiger partial charge >= 0.3 is 0 Å². The molecule has 2 nitrogen and oxygen atoms in total. The van der Waals surface area contributed by atoms with Gasteiger partial charge in [0, 0.05) is 15.5 Å². The molecule has 0 spiro atoms. The average Bonchev–Trinajstić information content (AvgIpc) is 2.48. The minimum atomic E-state index is -0.972. The number of aliphatic hydroxyl groups is 2. The van der Waals surface area contributed by atoms with E-state index in [2.05, 4.69) is 0 Å². The van der Waals surface area contributed by atoms with Crippen LogP contribution in [-0.2, 0) is 11.8 Å². The highest BCUT2D eigenvalue weighted by Gasteiger charge is 2.33. The molecule has 2 N–H and O–H groups in total. The zero-order chi connectivity index (χ0) is 15.5. The van der Waals surface area contributed by atoms with Crippen LogP contribution in [0.25, 0.3) is 0 Å². The lowest BCUT2D eigenvalue weighted by Crippen LogP contribution is -2.37. The van der Waals surface area contributed by atoms with Crippen LogP contribution in [0.5, 0.6) is 0 Å². The predicted molar refractivity (Wildman–Crippen MR) is 82.4 cm³/mol. The molecule has 0 heterocycles. The standard InChI is InChI=1S/C16H15Cl2FO2/c17-14-4-2-1-3-13(14)16(9-20,10-21)8-11-5-6-12(19)7-15(11)18/h1-7,20-21H,8-10H2. The first-order valence-corrected chi connectivity index (χ1v) is 7.18. The summed E-state index contributed by atoms with van der Waals surface area (Å²) in [5.41, 5.74) is 0.304. The predicted octanol–water partition coefficient (Wildman–Crippen LogP) is 3.60. The molecule has 0 aliphatic carbocycles. The lowest BCUT2D eigenvalue weighted by molar-refractivity contribution is 0.116. The Balaban J connectivity index is 2.46. The van der Waals surface area contributed by atoms with Crippen molar-refractivity contribution < 1.29 is 14.6 Å². The summed E-state index contributed by atoms with van der Waals surface area (Å²) in [7, 11) is 0. The van der Waals surface area contributed by atoms with Gasteiger partial charge < -0.3 is 10.2 Å². The number of aliphatic hydroxyl groups excluding tert-OH is 2. The zero-order valence-electron chi connectivity index (χ0n) is 11.2. The van der Waals surface area contributed by atoms with Crippen LogP contribution in [0.15, 0.2) is 42.5 Å². The quantitative estimate of drug-likeness (QED) is 0.880. The molecule has 0 unspecified atom stereocenters. The van der Waals surface area contributed by atoms with Gasteiger partial charge in [0.05, 0.1) is 13.2 Å². The van der Waals surface area contributed by atoms with Crippen LogP contribution in [0, 0.1) is 5.82 Å². The molecule has 0 fully saturated rings. The van der Waals surface area contributed by atoms with Crippen LogP contribution in [0.3, 0.4) is 0 Å². The molecule has 0 aliphatic heterocycles. The number of rotatable bonds is 5. The smallest absolute Gasteiger partial charge is 0.124 e. The monoisotopic (exact) mass is 328 g/mol. The van der Waals surface area contributed by atoms with Crippen LogP contribution in [-0.4, -0.2) is 23.4 Å². The van der Waals surface area contributed by atoms with Gasteiger partial charge in [-0.05, 0) is 35.7 Å². The molecule has 112 valence electrons. The van der Waals surface area contributed by atoms with Gasteiger partial charge in [0.15, 0.2) is 0 Å². The summed E-state index contributed by atoms with van der Waals surface area (Å²) in [5, 5.41) is 20.4. The summed E-state index contributed by atoms with van der Waals surface area (Å²) in [4.78, 5) is 0. The normalized spacial score (nSPS) is 11.7. The third-order valence-electron chi connectivity index (χ3n) is 3.59. The van der Waals surface area contributed by atoms with E-state index in [1.807, 2.05) is 0 Å². The molecule has 0 amide bonds. The fourth-order valence-corrected chi connectivity index (χ4v) is 2.92. The van der Waals surface area contributed by atoms with Gasteiger partial charge in [-0.2, -0.15) is 0 Å². The number of benzene rings is 2. The lowest BCUT2D eigenvalue weighted by Gasteiger charge is -2.31. The molecule has 0 aliphatic rings. The van der Waals surface area contributed by atoms with Gasteiger partial charge in [0.2, 0.25) is 0 Å². The molecule has 0 atom stereocenters. The minimum absolute atomic E-state index is 0.253. The molecular formula is C16H15Cl2FO2. The first kappa shape index (κ1) is 16.2. The SMILES string of the molecule is OCC(CO)(Cc1ccc(F)cc1Cl)c1ccccc1Cl. The van der Waals surface area contributed by atoms with Crippen molar-refractivity contribution in [3.63, 3.8) is 0 Å². The Morgan fingerprint density at radius 1 is 0.952 bits per heavy atom. The summed E-state index contributed by atoms with van der Waals surface area (Å²) < 4.78 is 13.1. The van der Waals surface area contributed by atoms with Gasteiger partial charge in [-0.25, -0.2) is 4.39 Å². The second kappa shape index (κ2) is 6.75. The summed E-state index contributed by atoms with van der Waals surface area (Å²) in [6.45, 7) is -0.609. The van der Waals surface area contributed by atoms with E-state index >= 15 is 0 Å². The van der Waals surface area contributed by atoms with Crippen LogP contribution >= 0.6 is 23.2 Å². The van der Waals surface area contributed by atoms with Crippen LogP contribution in [0.2, 0.25) is 10.0 Å². The Hall–Kier alpha value is -1.13. The maximum atomic E-state index is 13.1. The molecule has 0 saturated carbocycles. The van der Waals surface area contributed by atoms with Crippen molar-refractivity contribution in [1.82, 2.24) is 0 Å². The second-order valence-corrected chi connectivity index (χ2v) is 5.80. The molecular weight excluding hydrogens is 314 g/mol. The molecule has 21 heavy (non-hydrogen) atoms. The van der Waals surface area contributed by atoms with E-state index in [-0.39, 0.29) is 24.7 Å². The van der Waals surface area contributed by atoms with E-state index < -0.39 is 11.2 Å². The highest BCUT2D eigenvalue weighted by molar-refractivity contribution is 6.31. The van der Waals surface area contributed by atoms with Crippen molar-refractivity contribution in [2.24, 2.45) is 0 Å². The maximum absolute atomic E-state index is 13.1. The van der Waals surface area contributed by atoms with E-state index in [0.29, 0.717) is 16.1 Å². The van der Waals surface area contributed by atoms with Gasteiger partial charge in [-0.3, -0.25) is 0 Å². The Bertz CT molecular complexity index is 627. The molecule has 0 aromatic heterocycles. The van der Waals surface area contributed by atoms with Gasteiger partial charge in [-0.1, -0.05) is 47.5 Å². The first-order chi connectivity index (χ1) is 10.0. The van der Waals surface area contributed by atoms with Crippen molar-refractivity contribution in [3.8, 4) is 0 Å². The van der Waals surface area contributed by atoms with Crippen molar-refractivity contribution in [2.75, 3.05) is 13.2 Å². The number of hydrogen-bond acceptors (Lipinski definition) is 2. The van der Waals surface area contributed by atoms with Crippen molar-refractivity contribution in [1.29, 1.82) is 0 Å². The summed E-state index contributed by atoms with van der Waals surface area (Å²) in [6, 6.07) is 11.1. The number of hydrogen-bond donors (Lipinski definition) is 2. The number of halogens is 3. The minimum Gasteiger partial charge on any atom is -0.395 e. The Labute approximate surface area is 132 Å². The average molecular weight is 329 g/mol. The van der Waals surface area contributed by atoms with E-state index in [1.54, 1.807) is 30.3 Å².